The van der Waals surface area contributed by atoms with Crippen LogP contribution in [0.5, 0.6) is 5.75 Å². The van der Waals surface area contributed by atoms with Crippen molar-refractivity contribution in [2.75, 3.05) is 13.7 Å². The van der Waals surface area contributed by atoms with Crippen LogP contribution >= 0.6 is 11.6 Å². The number of rotatable bonds is 10. The Morgan fingerprint density at radius 3 is 2.42 bits per heavy atom. The van der Waals surface area contributed by atoms with Crippen molar-refractivity contribution < 1.29 is 19.7 Å². The van der Waals surface area contributed by atoms with E-state index >= 15 is 0 Å². The summed E-state index contributed by atoms with van der Waals surface area (Å²) in [4.78, 5) is 12.4. The van der Waals surface area contributed by atoms with Gasteiger partial charge in [-0.05, 0) is 72.4 Å². The number of carbonyl (C=O) groups excluding carboxylic acids is 1. The maximum Gasteiger partial charge on any atom is 0.251 e. The molecule has 1 unspecified atom stereocenters. The molecule has 0 saturated heterocycles. The van der Waals surface area contributed by atoms with Gasteiger partial charge in [0.1, 0.15) is 5.75 Å². The van der Waals surface area contributed by atoms with Crippen molar-refractivity contribution in [1.82, 2.24) is 15.1 Å². The molecule has 8 heteroatoms. The van der Waals surface area contributed by atoms with Gasteiger partial charge in [0.05, 0.1) is 30.3 Å². The molecule has 0 aliphatic heterocycles. The maximum atomic E-state index is 12.4. The zero-order valence-electron chi connectivity index (χ0n) is 22.1. The number of fused-ring (bicyclic) bond motifs is 1. The van der Waals surface area contributed by atoms with Crippen LogP contribution < -0.4 is 10.1 Å². The number of benzene rings is 3. The SMILES string of the molecule is COc1c(-c2ccc(Cl)cc2C)ccc2c1cnn2C(CC(C)C)c1ccc(C(=O)NCCC(O)O)cc1. The maximum absolute atomic E-state index is 12.4. The fourth-order valence-corrected chi connectivity index (χ4v) is 5.03. The van der Waals surface area contributed by atoms with Gasteiger partial charge in [-0.15, -0.1) is 0 Å². The van der Waals surface area contributed by atoms with Crippen LogP contribution in [-0.4, -0.2) is 45.8 Å². The molecular formula is C30H34ClN3O4. The number of aliphatic hydroxyl groups excluding tert-OH is 1. The van der Waals surface area contributed by atoms with Crippen LogP contribution in [0.2, 0.25) is 5.02 Å². The second-order valence-electron chi connectivity index (χ2n) is 9.92. The number of halogens is 1. The second-order valence-corrected chi connectivity index (χ2v) is 10.4. The van der Waals surface area contributed by atoms with Crippen molar-refractivity contribution in [2.45, 2.75) is 45.9 Å². The predicted molar refractivity (Wildman–Crippen MR) is 151 cm³/mol. The Morgan fingerprint density at radius 2 is 1.79 bits per heavy atom. The molecule has 0 aliphatic carbocycles. The van der Waals surface area contributed by atoms with E-state index in [-0.39, 0.29) is 24.9 Å². The smallest absolute Gasteiger partial charge is 0.251 e. The highest BCUT2D eigenvalue weighted by molar-refractivity contribution is 6.30. The zero-order chi connectivity index (χ0) is 27.4. The quantitative estimate of drug-likeness (QED) is 0.225. The third-order valence-electron chi connectivity index (χ3n) is 6.65. The molecule has 1 aromatic heterocycles. The Labute approximate surface area is 228 Å². The lowest BCUT2D eigenvalue weighted by Gasteiger charge is -2.22. The number of aryl methyl sites for hydroxylation is 1. The average Bonchev–Trinajstić information content (AvgIpc) is 3.30. The molecule has 3 aromatic carbocycles. The Kier molecular flexibility index (Phi) is 8.72. The highest BCUT2D eigenvalue weighted by atomic mass is 35.5. The molecule has 0 aliphatic rings. The Bertz CT molecular complexity index is 1410. The van der Waals surface area contributed by atoms with Gasteiger partial charge >= 0.3 is 0 Å². The van der Waals surface area contributed by atoms with E-state index in [1.54, 1.807) is 19.2 Å². The topological polar surface area (TPSA) is 96.6 Å². The standard InChI is InChI=1S/C30H34ClN3O4/c1-18(2)15-27(20-5-7-21(8-6-20)30(37)32-14-13-28(35)36)34-26-12-11-24(29(38-4)25(26)17-33-34)23-10-9-22(31)16-19(23)3/h5-12,16-18,27-28,35-36H,13-15H2,1-4H3,(H,32,37). The van der Waals surface area contributed by atoms with Crippen LogP contribution in [0, 0.1) is 12.8 Å². The molecular weight excluding hydrogens is 502 g/mol. The van der Waals surface area contributed by atoms with Crippen LogP contribution in [0.3, 0.4) is 0 Å². The summed E-state index contributed by atoms with van der Waals surface area (Å²) in [5.41, 5.74) is 5.63. The van der Waals surface area contributed by atoms with E-state index in [1.807, 2.05) is 48.1 Å². The van der Waals surface area contributed by atoms with Gasteiger partial charge in [0, 0.05) is 29.1 Å². The molecule has 0 bridgehead atoms. The van der Waals surface area contributed by atoms with E-state index in [0.29, 0.717) is 16.5 Å². The average molecular weight is 536 g/mol. The highest BCUT2D eigenvalue weighted by Crippen LogP contribution is 2.40. The van der Waals surface area contributed by atoms with Crippen molar-refractivity contribution in [3.8, 4) is 16.9 Å². The van der Waals surface area contributed by atoms with Crippen LogP contribution in [0.25, 0.3) is 22.0 Å². The summed E-state index contributed by atoms with van der Waals surface area (Å²) in [6.45, 7) is 6.58. The molecule has 4 rings (SSSR count). The number of methoxy groups -OCH3 is 1. The van der Waals surface area contributed by atoms with Crippen LogP contribution in [0.15, 0.2) is 60.8 Å². The summed E-state index contributed by atoms with van der Waals surface area (Å²) in [7, 11) is 1.68. The van der Waals surface area contributed by atoms with E-state index in [0.717, 1.165) is 45.3 Å². The van der Waals surface area contributed by atoms with Gasteiger partial charge in [-0.25, -0.2) is 0 Å². The molecule has 200 valence electrons. The van der Waals surface area contributed by atoms with E-state index in [1.165, 1.54) is 0 Å². The number of carbonyl (C=O) groups is 1. The molecule has 3 N–H and O–H groups in total. The molecule has 1 heterocycles. The van der Waals surface area contributed by atoms with Gasteiger partial charge < -0.3 is 20.3 Å². The number of ether oxygens (including phenoxy) is 1. The van der Waals surface area contributed by atoms with E-state index in [9.17, 15) is 4.79 Å². The number of nitrogens with zero attached hydrogens (tertiary/aromatic N) is 2. The Hall–Kier alpha value is -3.39. The Morgan fingerprint density at radius 1 is 1.08 bits per heavy atom. The van der Waals surface area contributed by atoms with Gasteiger partial charge in [-0.3, -0.25) is 9.48 Å². The fraction of sp³-hybridized carbons (Fsp3) is 0.333. The lowest BCUT2D eigenvalue weighted by Crippen LogP contribution is -2.27. The van der Waals surface area contributed by atoms with Gasteiger partial charge in [-0.2, -0.15) is 5.10 Å². The normalized spacial score (nSPS) is 12.3. The molecule has 38 heavy (non-hydrogen) atoms. The molecule has 0 fully saturated rings. The molecule has 0 spiro atoms. The second kappa shape index (κ2) is 12.0. The molecule has 1 atom stereocenters. The largest absolute Gasteiger partial charge is 0.495 e. The van der Waals surface area contributed by atoms with Crippen molar-refractivity contribution >= 4 is 28.4 Å². The predicted octanol–water partition coefficient (Wildman–Crippen LogP) is 5.74. The van der Waals surface area contributed by atoms with Crippen molar-refractivity contribution in [2.24, 2.45) is 5.92 Å². The summed E-state index contributed by atoms with van der Waals surface area (Å²) in [6, 6.07) is 17.5. The van der Waals surface area contributed by atoms with E-state index in [4.69, 9.17) is 31.6 Å². The Balaban J connectivity index is 1.70. The number of hydrogen-bond donors (Lipinski definition) is 3. The molecule has 0 saturated carbocycles. The van der Waals surface area contributed by atoms with Gasteiger partial charge in [0.25, 0.3) is 5.91 Å². The molecule has 1 amide bonds. The van der Waals surface area contributed by atoms with Crippen molar-refractivity contribution in [3.63, 3.8) is 0 Å². The third-order valence-corrected chi connectivity index (χ3v) is 6.88. The number of aromatic nitrogens is 2. The number of nitrogens with one attached hydrogen (secondary N) is 1. The first-order valence-corrected chi connectivity index (χ1v) is 13.1. The first-order valence-electron chi connectivity index (χ1n) is 12.7. The van der Waals surface area contributed by atoms with E-state index in [2.05, 4.69) is 31.3 Å². The van der Waals surface area contributed by atoms with Gasteiger partial charge in [0.2, 0.25) is 0 Å². The molecule has 7 nitrogen and oxygen atoms in total. The lowest BCUT2D eigenvalue weighted by atomic mass is 9.95. The van der Waals surface area contributed by atoms with Crippen LogP contribution in [0.4, 0.5) is 0 Å². The summed E-state index contributed by atoms with van der Waals surface area (Å²) < 4.78 is 7.94. The number of amides is 1. The van der Waals surface area contributed by atoms with Gasteiger partial charge in [-0.1, -0.05) is 43.6 Å². The fourth-order valence-electron chi connectivity index (χ4n) is 4.80. The minimum absolute atomic E-state index is 0.0398. The number of hydrogen-bond acceptors (Lipinski definition) is 5. The summed E-state index contributed by atoms with van der Waals surface area (Å²) in [5, 5.41) is 27.1. The zero-order valence-corrected chi connectivity index (χ0v) is 22.9. The molecule has 4 aromatic rings. The third kappa shape index (κ3) is 6.01. The summed E-state index contributed by atoms with van der Waals surface area (Å²) in [6.07, 6.45) is 1.35. The van der Waals surface area contributed by atoms with E-state index < -0.39 is 6.29 Å². The lowest BCUT2D eigenvalue weighted by molar-refractivity contribution is -0.0440. The minimum atomic E-state index is -1.44. The van der Waals surface area contributed by atoms with Crippen LogP contribution in [-0.2, 0) is 0 Å². The molecule has 0 radical (unpaired) electrons. The number of aliphatic hydroxyl groups is 2. The van der Waals surface area contributed by atoms with Gasteiger partial charge in [0.15, 0.2) is 6.29 Å². The summed E-state index contributed by atoms with van der Waals surface area (Å²) in [5.74, 6) is 0.921. The van der Waals surface area contributed by atoms with Crippen LogP contribution in [0.1, 0.15) is 54.2 Å². The van der Waals surface area contributed by atoms with Crippen molar-refractivity contribution in [1.29, 1.82) is 0 Å². The minimum Gasteiger partial charge on any atom is -0.495 e. The summed E-state index contributed by atoms with van der Waals surface area (Å²) >= 11 is 6.19. The first-order chi connectivity index (χ1) is 18.2. The van der Waals surface area contributed by atoms with Crippen molar-refractivity contribution in [3.05, 3.63) is 82.5 Å². The monoisotopic (exact) mass is 535 g/mol. The highest BCUT2D eigenvalue weighted by Gasteiger charge is 2.22. The first kappa shape index (κ1) is 27.6.